The molecule has 1 nitrogen and oxygen atoms in total. The van der Waals surface area contributed by atoms with E-state index in [9.17, 15) is 0 Å². The Morgan fingerprint density at radius 2 is 1.43 bits per heavy atom. The molecular formula is C3H7Br2NSn. The molecule has 0 spiro atoms. The van der Waals surface area contributed by atoms with E-state index in [4.69, 9.17) is 0 Å². The average molecular weight is 336 g/mol. The van der Waals surface area contributed by atoms with Crippen LogP contribution in [-0.4, -0.2) is 46.8 Å². The second-order valence-electron chi connectivity index (χ2n) is 1.24. The van der Waals surface area contributed by atoms with Gasteiger partial charge in [0.15, 0.2) is 0 Å². The molecule has 0 saturated carbocycles. The quantitative estimate of drug-likeness (QED) is 0.396. The summed E-state index contributed by atoms with van der Waals surface area (Å²) in [7, 11) is 3.96. The van der Waals surface area contributed by atoms with E-state index in [2.05, 4.69) is 31.9 Å². The molecular weight excluding hydrogens is 329 g/mol. The van der Waals surface area contributed by atoms with Gasteiger partial charge in [0, 0.05) is 23.9 Å². The van der Waals surface area contributed by atoms with Gasteiger partial charge in [0.05, 0.1) is 0 Å². The molecule has 42 valence electrons. The van der Waals surface area contributed by atoms with E-state index < -0.39 is 0 Å². The summed E-state index contributed by atoms with van der Waals surface area (Å²) >= 11 is 6.56. The molecule has 4 heteroatoms. The van der Waals surface area contributed by atoms with E-state index in [1.54, 1.807) is 0 Å². The van der Waals surface area contributed by atoms with Crippen molar-refractivity contribution in [1.82, 2.24) is 4.90 Å². The topological polar surface area (TPSA) is 3.24 Å². The van der Waals surface area contributed by atoms with Crippen LogP contribution in [0.5, 0.6) is 0 Å². The van der Waals surface area contributed by atoms with Crippen molar-refractivity contribution >= 4 is 55.8 Å². The molecule has 0 bridgehead atoms. The first-order chi connectivity index (χ1) is 2.64. The van der Waals surface area contributed by atoms with Crippen molar-refractivity contribution in [3.63, 3.8) is 0 Å². The number of hydrogen-bond acceptors (Lipinski definition) is 1. The van der Waals surface area contributed by atoms with Gasteiger partial charge in [-0.2, -0.15) is 0 Å². The van der Waals surface area contributed by atoms with Crippen LogP contribution in [0, 0.1) is 0 Å². The molecule has 0 heterocycles. The molecule has 4 radical (unpaired) electrons. The Kier molecular flexibility index (Phi) is 9.61. The largest absolute Gasteiger partial charge is 0.288 e. The predicted octanol–water partition coefficient (Wildman–Crippen LogP) is 1.24. The first-order valence-electron chi connectivity index (χ1n) is 1.59. The Bertz CT molecular complexity index is 33.9. The van der Waals surface area contributed by atoms with Crippen LogP contribution < -0.4 is 0 Å². The van der Waals surface area contributed by atoms with E-state index in [1.165, 1.54) is 0 Å². The number of hydrogen-bond donors (Lipinski definition) is 0. The van der Waals surface area contributed by atoms with E-state index in [0.29, 0.717) is 3.86 Å². The van der Waals surface area contributed by atoms with Crippen molar-refractivity contribution in [1.29, 1.82) is 0 Å². The Labute approximate surface area is 78.0 Å². The van der Waals surface area contributed by atoms with E-state index in [1.807, 2.05) is 19.0 Å². The summed E-state index contributed by atoms with van der Waals surface area (Å²) in [5.74, 6) is 0. The van der Waals surface area contributed by atoms with Crippen molar-refractivity contribution in [3.05, 3.63) is 0 Å². The van der Waals surface area contributed by atoms with Crippen LogP contribution in [-0.2, 0) is 0 Å². The molecule has 0 aromatic rings. The maximum absolute atomic E-state index is 3.28. The fourth-order valence-electron chi connectivity index (χ4n) is 0. The average Bonchev–Trinajstić information content (AvgIpc) is 1.36. The number of halogens is 2. The van der Waals surface area contributed by atoms with Crippen molar-refractivity contribution in [2.24, 2.45) is 0 Å². The molecule has 0 saturated heterocycles. The zero-order valence-corrected chi connectivity index (χ0v) is 10.3. The molecule has 0 unspecified atom stereocenters. The van der Waals surface area contributed by atoms with Crippen LogP contribution in [0.25, 0.3) is 0 Å². The second-order valence-corrected chi connectivity index (χ2v) is 4.20. The van der Waals surface area contributed by atoms with Crippen LogP contribution in [0.4, 0.5) is 0 Å². The standard InChI is InChI=1S/C3H7Br2N.Sn/c1-6(2)3(4)5;/h3H,1-2H3;. The Hall–Kier alpha value is 1.72. The van der Waals surface area contributed by atoms with Gasteiger partial charge in [0.2, 0.25) is 0 Å². The summed E-state index contributed by atoms with van der Waals surface area (Å²) in [6, 6.07) is 0. The summed E-state index contributed by atoms with van der Waals surface area (Å²) in [6.07, 6.45) is 0. The van der Waals surface area contributed by atoms with Gasteiger partial charge >= 0.3 is 0 Å². The third-order valence-corrected chi connectivity index (χ3v) is 2.03. The molecule has 0 rings (SSSR count). The van der Waals surface area contributed by atoms with Crippen molar-refractivity contribution in [3.8, 4) is 0 Å². The smallest absolute Gasteiger partial charge is 0.121 e. The molecule has 0 fully saturated rings. The molecule has 0 aliphatic heterocycles. The molecule has 0 N–H and O–H groups in total. The van der Waals surface area contributed by atoms with Gasteiger partial charge in [-0.1, -0.05) is 31.9 Å². The minimum atomic E-state index is 0. The van der Waals surface area contributed by atoms with E-state index in [0.717, 1.165) is 0 Å². The van der Waals surface area contributed by atoms with Gasteiger partial charge in [0.1, 0.15) is 3.86 Å². The monoisotopic (exact) mass is 335 g/mol. The molecule has 0 amide bonds. The minimum Gasteiger partial charge on any atom is -0.288 e. The number of nitrogens with zero attached hydrogens (tertiary/aromatic N) is 1. The van der Waals surface area contributed by atoms with Crippen molar-refractivity contribution in [2.75, 3.05) is 14.1 Å². The SMILES string of the molecule is CN(C)C(Br)Br.[Sn]. The van der Waals surface area contributed by atoms with Gasteiger partial charge in [-0.25, -0.2) is 0 Å². The fraction of sp³-hybridized carbons (Fsp3) is 1.00. The molecule has 0 aliphatic carbocycles. The van der Waals surface area contributed by atoms with Crippen LogP contribution >= 0.6 is 31.9 Å². The van der Waals surface area contributed by atoms with Crippen LogP contribution in [0.2, 0.25) is 0 Å². The van der Waals surface area contributed by atoms with Crippen molar-refractivity contribution < 1.29 is 0 Å². The molecule has 7 heavy (non-hydrogen) atoms. The maximum Gasteiger partial charge on any atom is 0.121 e. The van der Waals surface area contributed by atoms with Crippen molar-refractivity contribution in [2.45, 2.75) is 3.86 Å². The van der Waals surface area contributed by atoms with E-state index >= 15 is 0 Å². The van der Waals surface area contributed by atoms with Crippen LogP contribution in [0.15, 0.2) is 0 Å². The zero-order valence-electron chi connectivity index (χ0n) is 4.28. The van der Waals surface area contributed by atoms with Gasteiger partial charge in [-0.15, -0.1) is 0 Å². The molecule has 0 aliphatic rings. The summed E-state index contributed by atoms with van der Waals surface area (Å²) in [5.41, 5.74) is 0. The van der Waals surface area contributed by atoms with Crippen LogP contribution in [0.3, 0.4) is 0 Å². The molecule has 0 atom stereocenters. The fourth-order valence-corrected chi connectivity index (χ4v) is 0. The molecule has 0 aromatic carbocycles. The third-order valence-electron chi connectivity index (χ3n) is 0.390. The number of alkyl halides is 2. The maximum atomic E-state index is 3.28. The van der Waals surface area contributed by atoms with E-state index in [-0.39, 0.29) is 23.9 Å². The van der Waals surface area contributed by atoms with Crippen LogP contribution in [0.1, 0.15) is 0 Å². The van der Waals surface area contributed by atoms with Gasteiger partial charge < -0.3 is 0 Å². The normalized spacial score (nSPS) is 9.43. The summed E-state index contributed by atoms with van der Waals surface area (Å²) < 4.78 is 0.310. The minimum absolute atomic E-state index is 0. The zero-order chi connectivity index (χ0) is 5.15. The predicted molar refractivity (Wildman–Crippen MR) is 41.1 cm³/mol. The second kappa shape index (κ2) is 5.85. The summed E-state index contributed by atoms with van der Waals surface area (Å²) in [6.45, 7) is 0. The Morgan fingerprint density at radius 1 is 1.29 bits per heavy atom. The first-order valence-corrected chi connectivity index (χ1v) is 3.42. The summed E-state index contributed by atoms with van der Waals surface area (Å²) in [4.78, 5) is 2.00. The first kappa shape index (κ1) is 11.5. The Morgan fingerprint density at radius 3 is 1.43 bits per heavy atom. The molecule has 0 aromatic heterocycles. The van der Waals surface area contributed by atoms with Gasteiger partial charge in [0.25, 0.3) is 0 Å². The number of rotatable bonds is 1. The van der Waals surface area contributed by atoms with Gasteiger partial charge in [-0.05, 0) is 14.1 Å². The van der Waals surface area contributed by atoms with Gasteiger partial charge in [-0.3, -0.25) is 4.90 Å². The summed E-state index contributed by atoms with van der Waals surface area (Å²) in [5, 5.41) is 0. The Balaban J connectivity index is 0. The third kappa shape index (κ3) is 7.72.